The predicted octanol–water partition coefficient (Wildman–Crippen LogP) is 3.76. The Hall–Kier alpha value is -2.24. The molecule has 150 valence electrons. The van der Waals surface area contributed by atoms with Crippen molar-refractivity contribution in [3.05, 3.63) is 29.3 Å². The standard InChI is InChI=1S/C21H32N2O4/c1-5-16-13-15(9-10-18(16)23-11-7-6-8-12-23)14-17(19(24)25)22-20(26)27-21(2,3)4/h9-10,13,17H,5-8,11-12,14H2,1-4H3,(H,22,26)(H,24,25). The number of carbonyl (C=O) groups is 2. The molecular formula is C21H32N2O4. The van der Waals surface area contributed by atoms with Crippen LogP contribution in [0.25, 0.3) is 0 Å². The third-order valence-corrected chi connectivity index (χ3v) is 4.65. The summed E-state index contributed by atoms with van der Waals surface area (Å²) >= 11 is 0. The molecule has 2 rings (SSSR count). The Labute approximate surface area is 161 Å². The van der Waals surface area contributed by atoms with Gasteiger partial charge in [0.15, 0.2) is 0 Å². The van der Waals surface area contributed by atoms with Crippen molar-refractivity contribution in [2.24, 2.45) is 0 Å². The van der Waals surface area contributed by atoms with Crippen LogP contribution in [0.4, 0.5) is 10.5 Å². The molecule has 1 aliphatic rings. The number of hydrogen-bond donors (Lipinski definition) is 2. The minimum atomic E-state index is -1.07. The molecule has 1 unspecified atom stereocenters. The number of rotatable bonds is 6. The number of hydrogen-bond acceptors (Lipinski definition) is 4. The first-order valence-electron chi connectivity index (χ1n) is 9.78. The van der Waals surface area contributed by atoms with Crippen LogP contribution >= 0.6 is 0 Å². The number of alkyl carbamates (subject to hydrolysis) is 1. The summed E-state index contributed by atoms with van der Waals surface area (Å²) in [6, 6.07) is 5.10. The maximum absolute atomic E-state index is 11.9. The molecule has 0 bridgehead atoms. The maximum Gasteiger partial charge on any atom is 0.408 e. The second kappa shape index (κ2) is 9.11. The number of carbonyl (C=O) groups excluding carboxylic acids is 1. The molecule has 0 aromatic heterocycles. The largest absolute Gasteiger partial charge is 0.480 e. The average molecular weight is 376 g/mol. The van der Waals surface area contributed by atoms with Crippen LogP contribution in [-0.4, -0.2) is 41.9 Å². The number of amides is 1. The van der Waals surface area contributed by atoms with Crippen molar-refractivity contribution < 1.29 is 19.4 Å². The lowest BCUT2D eigenvalue weighted by atomic mass is 9.99. The molecule has 1 aliphatic heterocycles. The number of carboxylic acids is 1. The number of benzene rings is 1. The van der Waals surface area contributed by atoms with Crippen molar-refractivity contribution in [3.63, 3.8) is 0 Å². The van der Waals surface area contributed by atoms with Crippen LogP contribution in [0.5, 0.6) is 0 Å². The van der Waals surface area contributed by atoms with E-state index < -0.39 is 23.7 Å². The molecule has 1 aromatic rings. The van der Waals surface area contributed by atoms with E-state index in [4.69, 9.17) is 4.74 Å². The van der Waals surface area contributed by atoms with Crippen molar-refractivity contribution in [1.82, 2.24) is 5.32 Å². The summed E-state index contributed by atoms with van der Waals surface area (Å²) in [6.45, 7) is 9.49. The maximum atomic E-state index is 11.9. The Kier molecular flexibility index (Phi) is 7.11. The summed E-state index contributed by atoms with van der Waals surface area (Å²) < 4.78 is 5.18. The van der Waals surface area contributed by atoms with E-state index in [0.29, 0.717) is 0 Å². The van der Waals surface area contributed by atoms with Crippen LogP contribution in [0, 0.1) is 0 Å². The molecule has 1 aromatic carbocycles. The molecule has 1 heterocycles. The highest BCUT2D eigenvalue weighted by molar-refractivity contribution is 5.80. The van der Waals surface area contributed by atoms with E-state index in [-0.39, 0.29) is 6.42 Å². The molecule has 1 fully saturated rings. The highest BCUT2D eigenvalue weighted by Crippen LogP contribution is 2.26. The van der Waals surface area contributed by atoms with Gasteiger partial charge >= 0.3 is 12.1 Å². The minimum absolute atomic E-state index is 0.224. The number of piperidine rings is 1. The monoisotopic (exact) mass is 376 g/mol. The summed E-state index contributed by atoms with van der Waals surface area (Å²) in [4.78, 5) is 26.0. The molecule has 1 amide bonds. The first kappa shape index (κ1) is 21.1. The van der Waals surface area contributed by atoms with Gasteiger partial charge in [0.1, 0.15) is 11.6 Å². The topological polar surface area (TPSA) is 78.9 Å². The average Bonchev–Trinajstić information content (AvgIpc) is 2.60. The number of anilines is 1. The van der Waals surface area contributed by atoms with E-state index in [1.165, 1.54) is 30.5 Å². The highest BCUT2D eigenvalue weighted by Gasteiger charge is 2.24. The molecule has 0 spiro atoms. The number of aliphatic carboxylic acids is 1. The number of ether oxygens (including phenoxy) is 1. The minimum Gasteiger partial charge on any atom is -0.480 e. The Morgan fingerprint density at radius 2 is 1.89 bits per heavy atom. The Morgan fingerprint density at radius 3 is 2.44 bits per heavy atom. The van der Waals surface area contributed by atoms with Gasteiger partial charge in [0.05, 0.1) is 0 Å². The molecule has 6 nitrogen and oxygen atoms in total. The van der Waals surface area contributed by atoms with Gasteiger partial charge in [-0.15, -0.1) is 0 Å². The quantitative estimate of drug-likeness (QED) is 0.790. The van der Waals surface area contributed by atoms with Crippen molar-refractivity contribution in [2.45, 2.75) is 71.4 Å². The zero-order valence-electron chi connectivity index (χ0n) is 16.9. The van der Waals surface area contributed by atoms with Gasteiger partial charge in [0.25, 0.3) is 0 Å². The lowest BCUT2D eigenvalue weighted by Gasteiger charge is -2.31. The summed E-state index contributed by atoms with van der Waals surface area (Å²) in [5, 5.41) is 12.0. The van der Waals surface area contributed by atoms with Gasteiger partial charge in [0, 0.05) is 25.2 Å². The Morgan fingerprint density at radius 1 is 1.22 bits per heavy atom. The Bertz CT molecular complexity index is 661. The highest BCUT2D eigenvalue weighted by atomic mass is 16.6. The predicted molar refractivity (Wildman–Crippen MR) is 106 cm³/mol. The van der Waals surface area contributed by atoms with Gasteiger partial charge in [0.2, 0.25) is 0 Å². The van der Waals surface area contributed by atoms with E-state index in [1.54, 1.807) is 20.8 Å². The summed E-state index contributed by atoms with van der Waals surface area (Å²) in [6.07, 6.45) is 4.11. The van der Waals surface area contributed by atoms with Gasteiger partial charge < -0.3 is 20.1 Å². The number of nitrogens with zero attached hydrogens (tertiary/aromatic N) is 1. The SMILES string of the molecule is CCc1cc(CC(NC(=O)OC(C)(C)C)C(=O)O)ccc1N1CCCCC1. The summed E-state index contributed by atoms with van der Waals surface area (Å²) in [5.74, 6) is -1.07. The van der Waals surface area contributed by atoms with Gasteiger partial charge in [-0.3, -0.25) is 0 Å². The second-order valence-corrected chi connectivity index (χ2v) is 8.11. The number of carboxylic acid groups (broad SMARTS) is 1. The molecule has 2 N–H and O–H groups in total. The van der Waals surface area contributed by atoms with Crippen molar-refractivity contribution >= 4 is 17.7 Å². The smallest absolute Gasteiger partial charge is 0.408 e. The van der Waals surface area contributed by atoms with E-state index >= 15 is 0 Å². The summed E-state index contributed by atoms with van der Waals surface area (Å²) in [5.41, 5.74) is 2.69. The molecule has 0 aliphatic carbocycles. The van der Waals surface area contributed by atoms with Gasteiger partial charge in [-0.05, 0) is 63.6 Å². The van der Waals surface area contributed by atoms with Crippen LogP contribution in [0.1, 0.15) is 58.1 Å². The van der Waals surface area contributed by atoms with E-state index in [1.807, 2.05) is 6.07 Å². The second-order valence-electron chi connectivity index (χ2n) is 8.11. The fourth-order valence-electron chi connectivity index (χ4n) is 3.38. The first-order valence-corrected chi connectivity index (χ1v) is 9.78. The molecular weight excluding hydrogens is 344 g/mol. The summed E-state index contributed by atoms with van der Waals surface area (Å²) in [7, 11) is 0. The molecule has 1 saturated heterocycles. The van der Waals surface area contributed by atoms with Gasteiger partial charge in [-0.1, -0.05) is 19.1 Å². The van der Waals surface area contributed by atoms with E-state index in [2.05, 4.69) is 29.3 Å². The fraction of sp³-hybridized carbons (Fsp3) is 0.619. The molecule has 27 heavy (non-hydrogen) atoms. The lowest BCUT2D eigenvalue weighted by Crippen LogP contribution is -2.44. The lowest BCUT2D eigenvalue weighted by molar-refractivity contribution is -0.139. The first-order chi connectivity index (χ1) is 12.7. The van der Waals surface area contributed by atoms with Crippen LogP contribution in [-0.2, 0) is 22.4 Å². The zero-order valence-corrected chi connectivity index (χ0v) is 16.9. The molecule has 0 radical (unpaired) electrons. The van der Waals surface area contributed by atoms with Crippen molar-refractivity contribution in [2.75, 3.05) is 18.0 Å². The zero-order chi connectivity index (χ0) is 20.0. The third-order valence-electron chi connectivity index (χ3n) is 4.65. The van der Waals surface area contributed by atoms with Crippen LogP contribution < -0.4 is 10.2 Å². The molecule has 6 heteroatoms. The van der Waals surface area contributed by atoms with Gasteiger partial charge in [-0.25, -0.2) is 9.59 Å². The van der Waals surface area contributed by atoms with E-state index in [9.17, 15) is 14.7 Å². The van der Waals surface area contributed by atoms with Crippen LogP contribution in [0.2, 0.25) is 0 Å². The van der Waals surface area contributed by atoms with Crippen LogP contribution in [0.3, 0.4) is 0 Å². The van der Waals surface area contributed by atoms with E-state index in [0.717, 1.165) is 25.1 Å². The van der Waals surface area contributed by atoms with Crippen LogP contribution in [0.15, 0.2) is 18.2 Å². The van der Waals surface area contributed by atoms with Crippen molar-refractivity contribution in [3.8, 4) is 0 Å². The number of nitrogens with one attached hydrogen (secondary N) is 1. The molecule has 0 saturated carbocycles. The van der Waals surface area contributed by atoms with Crippen molar-refractivity contribution in [1.29, 1.82) is 0 Å². The number of aryl methyl sites for hydroxylation is 1. The third kappa shape index (κ3) is 6.45. The normalized spacial score (nSPS) is 15.9. The Balaban J connectivity index is 2.11. The molecule has 1 atom stereocenters. The van der Waals surface area contributed by atoms with Gasteiger partial charge in [-0.2, -0.15) is 0 Å². The fourth-order valence-corrected chi connectivity index (χ4v) is 3.38.